The largest absolute Gasteiger partial charge is 0.392 e. The molecule has 2 N–H and O–H groups in total. The topological polar surface area (TPSA) is 55.6 Å². The highest BCUT2D eigenvalue weighted by Gasteiger charge is 2.44. The van der Waals surface area contributed by atoms with Gasteiger partial charge in [0, 0.05) is 19.7 Å². The molecule has 1 amide bonds. The Balaban J connectivity index is 2.12. The molecular formula is C16H28N2O2S. The van der Waals surface area contributed by atoms with E-state index in [1.54, 1.807) is 0 Å². The second-order valence-corrected chi connectivity index (χ2v) is 6.78. The van der Waals surface area contributed by atoms with Gasteiger partial charge in [0.25, 0.3) is 0 Å². The van der Waals surface area contributed by atoms with Crippen LogP contribution in [0.25, 0.3) is 0 Å². The SMILES string of the molecule is CCN(CC1CCCO1)C(=O)C1(C(N)=S)CCCCCC1. The summed E-state index contributed by atoms with van der Waals surface area (Å²) in [6.07, 6.45) is 8.38. The molecule has 0 aromatic carbocycles. The van der Waals surface area contributed by atoms with Crippen molar-refractivity contribution in [2.24, 2.45) is 11.1 Å². The number of nitrogens with zero attached hydrogens (tertiary/aromatic N) is 1. The van der Waals surface area contributed by atoms with Crippen LogP contribution in [0.1, 0.15) is 58.3 Å². The molecule has 1 atom stereocenters. The first kappa shape index (κ1) is 16.7. The quantitative estimate of drug-likeness (QED) is 0.626. The van der Waals surface area contributed by atoms with E-state index in [1.165, 1.54) is 12.8 Å². The van der Waals surface area contributed by atoms with Gasteiger partial charge in [0.1, 0.15) is 0 Å². The van der Waals surface area contributed by atoms with E-state index in [9.17, 15) is 4.79 Å². The summed E-state index contributed by atoms with van der Waals surface area (Å²) in [6, 6.07) is 0. The maximum absolute atomic E-state index is 13.1. The Bertz CT molecular complexity index is 372. The van der Waals surface area contributed by atoms with Gasteiger partial charge in [0.15, 0.2) is 0 Å². The van der Waals surface area contributed by atoms with E-state index in [0.717, 1.165) is 45.1 Å². The van der Waals surface area contributed by atoms with Crippen LogP contribution < -0.4 is 5.73 Å². The van der Waals surface area contributed by atoms with E-state index >= 15 is 0 Å². The highest BCUT2D eigenvalue weighted by atomic mass is 32.1. The Hall–Kier alpha value is -0.680. The highest BCUT2D eigenvalue weighted by molar-refractivity contribution is 7.80. The third kappa shape index (κ3) is 3.75. The molecule has 2 rings (SSSR count). The molecule has 4 nitrogen and oxygen atoms in total. The van der Waals surface area contributed by atoms with Crippen LogP contribution in [-0.4, -0.2) is 41.6 Å². The fourth-order valence-corrected chi connectivity index (χ4v) is 3.88. The minimum atomic E-state index is -0.611. The highest BCUT2D eigenvalue weighted by Crippen LogP contribution is 2.37. The number of hydrogen-bond acceptors (Lipinski definition) is 3. The summed E-state index contributed by atoms with van der Waals surface area (Å²) in [5, 5.41) is 0. The second kappa shape index (κ2) is 7.54. The molecule has 1 unspecified atom stereocenters. The monoisotopic (exact) mass is 312 g/mol. The molecule has 2 fully saturated rings. The Morgan fingerprint density at radius 2 is 1.95 bits per heavy atom. The molecule has 1 heterocycles. The van der Waals surface area contributed by atoms with Crippen molar-refractivity contribution in [2.75, 3.05) is 19.7 Å². The van der Waals surface area contributed by atoms with Crippen molar-refractivity contribution in [3.05, 3.63) is 0 Å². The molecule has 21 heavy (non-hydrogen) atoms. The van der Waals surface area contributed by atoms with Crippen LogP contribution in [-0.2, 0) is 9.53 Å². The lowest BCUT2D eigenvalue weighted by molar-refractivity contribution is -0.140. The van der Waals surface area contributed by atoms with Crippen LogP contribution in [0, 0.1) is 5.41 Å². The molecule has 0 bridgehead atoms. The van der Waals surface area contributed by atoms with Gasteiger partial charge >= 0.3 is 0 Å². The average Bonchev–Trinajstić information content (AvgIpc) is 2.85. The minimum Gasteiger partial charge on any atom is -0.392 e. The molecule has 0 aromatic rings. The van der Waals surface area contributed by atoms with Crippen molar-refractivity contribution in [3.63, 3.8) is 0 Å². The third-order valence-corrected chi connectivity index (χ3v) is 5.35. The lowest BCUT2D eigenvalue weighted by Gasteiger charge is -2.36. The van der Waals surface area contributed by atoms with Crippen LogP contribution in [0.2, 0.25) is 0 Å². The number of nitrogens with two attached hydrogens (primary N) is 1. The van der Waals surface area contributed by atoms with E-state index in [0.29, 0.717) is 18.1 Å². The van der Waals surface area contributed by atoms with E-state index in [-0.39, 0.29) is 12.0 Å². The molecule has 0 spiro atoms. The molecule has 1 aliphatic carbocycles. The van der Waals surface area contributed by atoms with Crippen molar-refractivity contribution in [2.45, 2.75) is 64.4 Å². The number of thiocarbonyl (C=S) groups is 1. The van der Waals surface area contributed by atoms with Gasteiger partial charge in [-0.05, 0) is 32.6 Å². The van der Waals surface area contributed by atoms with Crippen molar-refractivity contribution in [3.8, 4) is 0 Å². The molecule has 1 saturated heterocycles. The second-order valence-electron chi connectivity index (χ2n) is 6.34. The molecular weight excluding hydrogens is 284 g/mol. The van der Waals surface area contributed by atoms with E-state index in [1.807, 2.05) is 11.8 Å². The van der Waals surface area contributed by atoms with Gasteiger partial charge in [-0.25, -0.2) is 0 Å². The number of hydrogen-bond donors (Lipinski definition) is 1. The van der Waals surface area contributed by atoms with Crippen LogP contribution in [0.4, 0.5) is 0 Å². The maximum atomic E-state index is 13.1. The Kier molecular flexibility index (Phi) is 5.99. The zero-order valence-corrected chi connectivity index (χ0v) is 13.9. The summed E-state index contributed by atoms with van der Waals surface area (Å²) in [5.74, 6) is 0.134. The zero-order chi connectivity index (χ0) is 15.3. The number of ether oxygens (including phenoxy) is 1. The Labute approximate surface area is 133 Å². The number of likely N-dealkylation sites (N-methyl/N-ethyl adjacent to an activating group) is 1. The van der Waals surface area contributed by atoms with Crippen LogP contribution >= 0.6 is 12.2 Å². The van der Waals surface area contributed by atoms with Crippen molar-refractivity contribution in [1.29, 1.82) is 0 Å². The summed E-state index contributed by atoms with van der Waals surface area (Å²) in [4.78, 5) is 15.4. The van der Waals surface area contributed by atoms with Crippen molar-refractivity contribution >= 4 is 23.1 Å². The van der Waals surface area contributed by atoms with Gasteiger partial charge in [0.05, 0.1) is 16.5 Å². The van der Waals surface area contributed by atoms with Gasteiger partial charge in [-0.3, -0.25) is 4.79 Å². The first-order chi connectivity index (χ1) is 10.1. The van der Waals surface area contributed by atoms with Gasteiger partial charge in [-0.1, -0.05) is 37.9 Å². The van der Waals surface area contributed by atoms with E-state index in [2.05, 4.69) is 0 Å². The standard InChI is InChI=1S/C16H28N2O2S/c1-2-18(12-13-8-7-11-20-13)15(19)16(14(17)21)9-5-3-4-6-10-16/h13H,2-12H2,1H3,(H2,17,21). The van der Waals surface area contributed by atoms with Gasteiger partial charge in [-0.15, -0.1) is 0 Å². The van der Waals surface area contributed by atoms with Crippen molar-refractivity contribution < 1.29 is 9.53 Å². The molecule has 120 valence electrons. The van der Waals surface area contributed by atoms with Crippen LogP contribution in [0.3, 0.4) is 0 Å². The van der Waals surface area contributed by atoms with Gasteiger partial charge in [0.2, 0.25) is 5.91 Å². The lowest BCUT2D eigenvalue weighted by Crippen LogP contribution is -2.52. The fraction of sp³-hybridized carbons (Fsp3) is 0.875. The third-order valence-electron chi connectivity index (χ3n) is 4.96. The number of amides is 1. The number of carbonyl (C=O) groups excluding carboxylic acids is 1. The summed E-state index contributed by atoms with van der Waals surface area (Å²) in [6.45, 7) is 4.22. The first-order valence-corrected chi connectivity index (χ1v) is 8.72. The summed E-state index contributed by atoms with van der Waals surface area (Å²) in [5.41, 5.74) is 5.42. The van der Waals surface area contributed by atoms with E-state index in [4.69, 9.17) is 22.7 Å². The van der Waals surface area contributed by atoms with Crippen LogP contribution in [0.5, 0.6) is 0 Å². The molecule has 0 aromatic heterocycles. The van der Waals surface area contributed by atoms with E-state index < -0.39 is 5.41 Å². The molecule has 2 aliphatic rings. The fourth-order valence-electron chi connectivity index (χ4n) is 3.59. The maximum Gasteiger partial charge on any atom is 0.235 e. The van der Waals surface area contributed by atoms with Gasteiger partial charge < -0.3 is 15.4 Å². The smallest absolute Gasteiger partial charge is 0.235 e. The zero-order valence-electron chi connectivity index (χ0n) is 13.1. The number of rotatable bonds is 5. The van der Waals surface area contributed by atoms with Crippen LogP contribution in [0.15, 0.2) is 0 Å². The summed E-state index contributed by atoms with van der Waals surface area (Å²) in [7, 11) is 0. The minimum absolute atomic E-state index is 0.134. The number of carbonyl (C=O) groups is 1. The molecule has 5 heteroatoms. The predicted octanol–water partition coefficient (Wildman–Crippen LogP) is 2.64. The summed E-state index contributed by atoms with van der Waals surface area (Å²) >= 11 is 5.31. The Morgan fingerprint density at radius 1 is 1.29 bits per heavy atom. The molecule has 1 aliphatic heterocycles. The molecule has 1 saturated carbocycles. The normalized spacial score (nSPS) is 25.3. The summed E-state index contributed by atoms with van der Waals surface area (Å²) < 4.78 is 5.68. The average molecular weight is 312 g/mol. The first-order valence-electron chi connectivity index (χ1n) is 8.31. The predicted molar refractivity (Wildman–Crippen MR) is 88.1 cm³/mol. The van der Waals surface area contributed by atoms with Gasteiger partial charge in [-0.2, -0.15) is 0 Å². The van der Waals surface area contributed by atoms with Crippen molar-refractivity contribution in [1.82, 2.24) is 4.90 Å². The Morgan fingerprint density at radius 3 is 2.43 bits per heavy atom. The molecule has 0 radical (unpaired) electrons. The lowest BCUT2D eigenvalue weighted by atomic mass is 9.78.